The molecular weight excluding hydrogens is 459 g/mol. The van der Waals surface area contributed by atoms with Crippen LogP contribution in [0.5, 0.6) is 0 Å². The number of amides is 1. The van der Waals surface area contributed by atoms with Crippen LogP contribution in [0.2, 0.25) is 0 Å². The number of halogens is 1. The van der Waals surface area contributed by atoms with Crippen LogP contribution in [0.3, 0.4) is 0 Å². The molecular formula is C27H23FN6O2. The first-order valence-electron chi connectivity index (χ1n) is 12.0. The maximum absolute atomic E-state index is 13.6. The number of fused-ring (bicyclic) bond motifs is 2. The minimum Gasteiger partial charge on any atom is -0.370 e. The van der Waals surface area contributed by atoms with Crippen molar-refractivity contribution in [1.82, 2.24) is 14.5 Å². The Bertz CT molecular complexity index is 1590. The van der Waals surface area contributed by atoms with Crippen molar-refractivity contribution in [1.29, 1.82) is 5.26 Å². The van der Waals surface area contributed by atoms with Crippen LogP contribution in [0.25, 0.3) is 11.2 Å². The molecule has 1 amide bonds. The lowest BCUT2D eigenvalue weighted by Gasteiger charge is -2.34. The molecule has 9 heteroatoms. The number of nitrogens with one attached hydrogen (secondary N) is 1. The SMILES string of the molecule is N#Cc1ccc(C(=O)N2CCc3cc(F)ccc32)cc1N1CCC(n2c(=O)[nH]c3ncccc32)CC1. The minimum absolute atomic E-state index is 0.0172. The van der Waals surface area contributed by atoms with Crippen LogP contribution in [0.4, 0.5) is 15.8 Å². The number of rotatable bonds is 3. The number of carbonyl (C=O) groups is 1. The quantitative estimate of drug-likeness (QED) is 0.479. The molecule has 0 saturated carbocycles. The Morgan fingerprint density at radius 3 is 2.72 bits per heavy atom. The average molecular weight is 483 g/mol. The Balaban J connectivity index is 1.25. The summed E-state index contributed by atoms with van der Waals surface area (Å²) < 4.78 is 15.4. The molecule has 1 N–H and O–H groups in total. The number of piperidine rings is 1. The molecule has 4 aromatic rings. The second-order valence-electron chi connectivity index (χ2n) is 9.21. The fraction of sp³-hybridized carbons (Fsp3) is 0.259. The number of aromatic nitrogens is 3. The van der Waals surface area contributed by atoms with Crippen LogP contribution >= 0.6 is 0 Å². The highest BCUT2D eigenvalue weighted by Crippen LogP contribution is 2.33. The van der Waals surface area contributed by atoms with Gasteiger partial charge in [-0.2, -0.15) is 5.26 Å². The van der Waals surface area contributed by atoms with Crippen LogP contribution in [0, 0.1) is 17.1 Å². The molecule has 8 nitrogen and oxygen atoms in total. The highest BCUT2D eigenvalue weighted by molar-refractivity contribution is 6.08. The number of anilines is 2. The van der Waals surface area contributed by atoms with E-state index in [-0.39, 0.29) is 23.5 Å². The maximum atomic E-state index is 13.6. The topological polar surface area (TPSA) is 98.0 Å². The van der Waals surface area contributed by atoms with E-state index >= 15 is 0 Å². The van der Waals surface area contributed by atoms with Gasteiger partial charge < -0.3 is 9.80 Å². The van der Waals surface area contributed by atoms with Crippen molar-refractivity contribution in [2.24, 2.45) is 0 Å². The zero-order valence-corrected chi connectivity index (χ0v) is 19.4. The average Bonchev–Trinajstić information content (AvgIpc) is 3.47. The summed E-state index contributed by atoms with van der Waals surface area (Å²) in [5.41, 5.74) is 4.45. The van der Waals surface area contributed by atoms with Gasteiger partial charge in [0.05, 0.1) is 16.8 Å². The van der Waals surface area contributed by atoms with Crippen LogP contribution in [0.15, 0.2) is 59.5 Å². The normalized spacial score (nSPS) is 15.8. The molecule has 0 bridgehead atoms. The van der Waals surface area contributed by atoms with Gasteiger partial charge >= 0.3 is 5.69 Å². The van der Waals surface area contributed by atoms with Gasteiger partial charge in [0.15, 0.2) is 5.65 Å². The van der Waals surface area contributed by atoms with Gasteiger partial charge in [0.1, 0.15) is 11.9 Å². The highest BCUT2D eigenvalue weighted by Gasteiger charge is 2.28. The molecule has 36 heavy (non-hydrogen) atoms. The van der Waals surface area contributed by atoms with E-state index in [0.717, 1.165) is 29.6 Å². The second-order valence-corrected chi connectivity index (χ2v) is 9.21. The predicted molar refractivity (Wildman–Crippen MR) is 134 cm³/mol. The fourth-order valence-corrected chi connectivity index (χ4v) is 5.44. The molecule has 6 rings (SSSR count). The number of aromatic amines is 1. The fourth-order valence-electron chi connectivity index (χ4n) is 5.44. The molecule has 2 aromatic heterocycles. The number of H-pyrrole nitrogens is 1. The number of hydrogen-bond acceptors (Lipinski definition) is 5. The third kappa shape index (κ3) is 3.62. The van der Waals surface area contributed by atoms with Gasteiger partial charge in [-0.3, -0.25) is 14.3 Å². The largest absolute Gasteiger partial charge is 0.370 e. The van der Waals surface area contributed by atoms with Crippen molar-refractivity contribution in [3.8, 4) is 6.07 Å². The van der Waals surface area contributed by atoms with Gasteiger partial charge in [0.2, 0.25) is 0 Å². The van der Waals surface area contributed by atoms with Crippen LogP contribution in [-0.4, -0.2) is 40.1 Å². The molecule has 0 atom stereocenters. The first-order valence-corrected chi connectivity index (χ1v) is 12.0. The molecule has 2 aliphatic rings. The lowest BCUT2D eigenvalue weighted by atomic mass is 10.0. The van der Waals surface area contributed by atoms with Gasteiger partial charge in [0, 0.05) is 43.1 Å². The van der Waals surface area contributed by atoms with E-state index in [4.69, 9.17) is 0 Å². The minimum atomic E-state index is -0.307. The van der Waals surface area contributed by atoms with Gasteiger partial charge in [-0.1, -0.05) is 0 Å². The Labute approximate surface area is 206 Å². The van der Waals surface area contributed by atoms with Crippen molar-refractivity contribution >= 4 is 28.4 Å². The number of nitrogens with zero attached hydrogens (tertiary/aromatic N) is 5. The molecule has 1 saturated heterocycles. The van der Waals surface area contributed by atoms with Crippen LogP contribution < -0.4 is 15.5 Å². The zero-order valence-electron chi connectivity index (χ0n) is 19.4. The van der Waals surface area contributed by atoms with E-state index in [0.29, 0.717) is 48.5 Å². The van der Waals surface area contributed by atoms with E-state index in [2.05, 4.69) is 20.9 Å². The summed E-state index contributed by atoms with van der Waals surface area (Å²) in [4.78, 5) is 36.8. The van der Waals surface area contributed by atoms with Crippen LogP contribution in [0.1, 0.15) is 40.4 Å². The number of hydrogen-bond donors (Lipinski definition) is 1. The Hall–Kier alpha value is -4.45. The maximum Gasteiger partial charge on any atom is 0.327 e. The number of imidazole rings is 1. The smallest absolute Gasteiger partial charge is 0.327 e. The van der Waals surface area contributed by atoms with Crippen LogP contribution in [-0.2, 0) is 6.42 Å². The molecule has 0 aliphatic carbocycles. The second kappa shape index (κ2) is 8.64. The molecule has 4 heterocycles. The number of benzene rings is 2. The number of pyridine rings is 1. The standard InChI is InChI=1S/C27H23FN6O2/c28-20-5-6-22-17(14-20)7-13-33(22)26(35)18-3-4-19(16-29)24(15-18)32-11-8-21(9-12-32)34-23-2-1-10-30-25(23)31-27(34)36/h1-6,10,14-15,21H,7-9,11-13H2,(H,30,31,36). The Morgan fingerprint density at radius 1 is 1.08 bits per heavy atom. The third-order valence-electron chi connectivity index (χ3n) is 7.21. The van der Waals surface area contributed by atoms with E-state index < -0.39 is 0 Å². The third-order valence-corrected chi connectivity index (χ3v) is 7.21. The predicted octanol–water partition coefficient (Wildman–Crippen LogP) is 3.78. The summed E-state index contributed by atoms with van der Waals surface area (Å²) in [7, 11) is 0. The molecule has 0 radical (unpaired) electrons. The zero-order chi connectivity index (χ0) is 24.8. The van der Waals surface area contributed by atoms with Crippen molar-refractivity contribution in [2.45, 2.75) is 25.3 Å². The highest BCUT2D eigenvalue weighted by atomic mass is 19.1. The lowest BCUT2D eigenvalue weighted by Crippen LogP contribution is -2.37. The van der Waals surface area contributed by atoms with Gasteiger partial charge in [-0.05, 0) is 73.4 Å². The van der Waals surface area contributed by atoms with Gasteiger partial charge in [-0.15, -0.1) is 0 Å². The monoisotopic (exact) mass is 482 g/mol. The Kier molecular flexibility index (Phi) is 5.29. The first-order chi connectivity index (χ1) is 17.5. The molecule has 180 valence electrons. The Morgan fingerprint density at radius 2 is 1.92 bits per heavy atom. The molecule has 0 unspecified atom stereocenters. The van der Waals surface area contributed by atoms with E-state index in [1.165, 1.54) is 12.1 Å². The van der Waals surface area contributed by atoms with Crippen molar-refractivity contribution < 1.29 is 9.18 Å². The lowest BCUT2D eigenvalue weighted by molar-refractivity contribution is 0.0989. The summed E-state index contributed by atoms with van der Waals surface area (Å²) in [6.07, 6.45) is 3.70. The van der Waals surface area contributed by atoms with Crippen molar-refractivity contribution in [3.05, 3.63) is 87.7 Å². The molecule has 2 aliphatic heterocycles. The summed E-state index contributed by atoms with van der Waals surface area (Å²) in [5.74, 6) is -0.475. The van der Waals surface area contributed by atoms with Gasteiger partial charge in [-0.25, -0.2) is 14.2 Å². The van der Waals surface area contributed by atoms with Crippen molar-refractivity contribution in [3.63, 3.8) is 0 Å². The first kappa shape index (κ1) is 22.0. The molecule has 2 aromatic carbocycles. The summed E-state index contributed by atoms with van der Waals surface area (Å²) in [6, 6.07) is 15.6. The van der Waals surface area contributed by atoms with Crippen molar-refractivity contribution in [2.75, 3.05) is 29.4 Å². The van der Waals surface area contributed by atoms with E-state index in [1.807, 2.05) is 12.1 Å². The molecule has 1 fully saturated rings. The summed E-state index contributed by atoms with van der Waals surface area (Å²) in [5, 5.41) is 9.74. The van der Waals surface area contributed by atoms with E-state index in [1.54, 1.807) is 39.9 Å². The van der Waals surface area contributed by atoms with E-state index in [9.17, 15) is 19.2 Å². The number of carbonyl (C=O) groups excluding carboxylic acids is 1. The van der Waals surface area contributed by atoms with Gasteiger partial charge in [0.25, 0.3) is 5.91 Å². The molecule has 0 spiro atoms. The summed E-state index contributed by atoms with van der Waals surface area (Å²) >= 11 is 0. The number of nitriles is 1. The summed E-state index contributed by atoms with van der Waals surface area (Å²) in [6.45, 7) is 1.77.